The van der Waals surface area contributed by atoms with Gasteiger partial charge in [0, 0.05) is 31.3 Å². The Morgan fingerprint density at radius 1 is 1.11 bits per heavy atom. The lowest BCUT2D eigenvalue weighted by Crippen LogP contribution is -2.65. The first-order chi connectivity index (χ1) is 17.8. The largest absolute Gasteiger partial charge is 0.494 e. The predicted molar refractivity (Wildman–Crippen MR) is 132 cm³/mol. The molecule has 1 aliphatic rings. The van der Waals surface area contributed by atoms with E-state index in [1.54, 1.807) is 11.0 Å². The fraction of sp³-hybridized carbons (Fsp3) is 0.370. The van der Waals surface area contributed by atoms with Crippen molar-refractivity contribution < 1.29 is 32.5 Å². The van der Waals surface area contributed by atoms with Gasteiger partial charge in [0.15, 0.2) is 11.6 Å². The van der Waals surface area contributed by atoms with E-state index in [0.29, 0.717) is 25.1 Å². The number of nitrogens with zero attached hydrogens (tertiary/aromatic N) is 2. The average Bonchev–Trinajstić information content (AvgIpc) is 2.92. The average molecular weight is 520 g/mol. The van der Waals surface area contributed by atoms with Crippen LogP contribution in [0.3, 0.4) is 0 Å². The van der Waals surface area contributed by atoms with E-state index in [2.05, 4.69) is 10.3 Å². The summed E-state index contributed by atoms with van der Waals surface area (Å²) in [6.45, 7) is 0.280. The molecular weight excluding hydrogens is 490 g/mol. The highest BCUT2D eigenvalue weighted by atomic mass is 19.3. The number of alkyl halides is 2. The molecule has 3 aromatic rings. The van der Waals surface area contributed by atoms with Gasteiger partial charge in [0.2, 0.25) is 0 Å². The van der Waals surface area contributed by atoms with E-state index >= 15 is 0 Å². The van der Waals surface area contributed by atoms with Crippen LogP contribution in [0.5, 0.6) is 5.75 Å². The Morgan fingerprint density at radius 2 is 1.86 bits per heavy atom. The van der Waals surface area contributed by atoms with Crippen LogP contribution in [0.4, 0.5) is 23.2 Å². The lowest BCUT2D eigenvalue weighted by molar-refractivity contribution is -0.0658. The Balaban J connectivity index is 1.64. The van der Waals surface area contributed by atoms with Crippen molar-refractivity contribution in [3.05, 3.63) is 77.5 Å². The molecule has 0 amide bonds. The summed E-state index contributed by atoms with van der Waals surface area (Å²) in [6, 6.07) is 14.2. The molecular formula is C27H29F4N3O3. The van der Waals surface area contributed by atoms with Crippen LogP contribution < -0.4 is 15.0 Å². The monoisotopic (exact) mass is 519 g/mol. The number of ether oxygens (including phenoxy) is 1. The summed E-state index contributed by atoms with van der Waals surface area (Å²) in [7, 11) is 1.23. The first-order valence-corrected chi connectivity index (χ1v) is 11.9. The maximum absolute atomic E-state index is 14.6. The lowest BCUT2D eigenvalue weighted by atomic mass is 9.83. The number of pyridine rings is 1. The molecule has 0 bridgehead atoms. The summed E-state index contributed by atoms with van der Waals surface area (Å²) < 4.78 is 61.2. The fourth-order valence-corrected chi connectivity index (χ4v) is 4.82. The zero-order valence-corrected chi connectivity index (χ0v) is 20.3. The Hall–Kier alpha value is -3.21. The van der Waals surface area contributed by atoms with Gasteiger partial charge in [-0.25, -0.2) is 22.5 Å². The zero-order chi connectivity index (χ0) is 26.6. The number of aliphatic hydroxyl groups excluding tert-OH is 2. The number of aromatic nitrogens is 1. The van der Waals surface area contributed by atoms with E-state index in [1.807, 2.05) is 30.3 Å². The molecule has 198 valence electrons. The van der Waals surface area contributed by atoms with E-state index in [4.69, 9.17) is 4.74 Å². The van der Waals surface area contributed by atoms with Gasteiger partial charge >= 0.3 is 0 Å². The highest BCUT2D eigenvalue weighted by Crippen LogP contribution is 2.35. The number of hydrogen-bond donors (Lipinski definition) is 3. The van der Waals surface area contributed by atoms with Crippen LogP contribution in [-0.2, 0) is 13.2 Å². The Labute approximate surface area is 212 Å². The summed E-state index contributed by atoms with van der Waals surface area (Å²) in [6.07, 6.45) is -4.08. The molecule has 1 aliphatic heterocycles. The van der Waals surface area contributed by atoms with Crippen LogP contribution in [0.15, 0.2) is 54.6 Å². The molecule has 2 atom stereocenters. The predicted octanol–water partition coefficient (Wildman–Crippen LogP) is 4.28. The molecule has 1 saturated heterocycles. The molecule has 2 heterocycles. The first kappa shape index (κ1) is 26.8. The third-order valence-corrected chi connectivity index (χ3v) is 6.77. The van der Waals surface area contributed by atoms with Gasteiger partial charge in [0.05, 0.1) is 36.3 Å². The highest BCUT2D eigenvalue weighted by molar-refractivity contribution is 5.65. The molecule has 2 unspecified atom stereocenters. The minimum Gasteiger partial charge on any atom is -0.494 e. The lowest BCUT2D eigenvalue weighted by Gasteiger charge is -2.47. The number of halogens is 4. The Kier molecular flexibility index (Phi) is 8.31. The fourth-order valence-electron chi connectivity index (χ4n) is 4.82. The summed E-state index contributed by atoms with van der Waals surface area (Å²) >= 11 is 0. The molecule has 4 rings (SSSR count). The van der Waals surface area contributed by atoms with E-state index in [1.165, 1.54) is 13.2 Å². The molecule has 0 radical (unpaired) electrons. The Bertz CT molecular complexity index is 1220. The van der Waals surface area contributed by atoms with Crippen molar-refractivity contribution in [2.24, 2.45) is 0 Å². The van der Waals surface area contributed by atoms with Crippen molar-refractivity contribution in [1.82, 2.24) is 10.3 Å². The number of aliphatic hydroxyl groups is 2. The third kappa shape index (κ3) is 5.71. The molecule has 37 heavy (non-hydrogen) atoms. The summed E-state index contributed by atoms with van der Waals surface area (Å²) in [5.74, 6) is -1.75. The third-order valence-electron chi connectivity index (χ3n) is 6.77. The minimum atomic E-state index is -2.96. The molecule has 6 nitrogen and oxygen atoms in total. The minimum absolute atomic E-state index is 0.0326. The molecule has 0 aliphatic carbocycles. The topological polar surface area (TPSA) is 77.9 Å². The van der Waals surface area contributed by atoms with Crippen LogP contribution in [0.2, 0.25) is 0 Å². The van der Waals surface area contributed by atoms with Crippen molar-refractivity contribution in [3.63, 3.8) is 0 Å². The second kappa shape index (κ2) is 11.5. The van der Waals surface area contributed by atoms with Crippen molar-refractivity contribution in [2.45, 2.75) is 44.1 Å². The molecule has 0 saturated carbocycles. The molecule has 10 heteroatoms. The van der Waals surface area contributed by atoms with Crippen LogP contribution in [0.25, 0.3) is 11.3 Å². The van der Waals surface area contributed by atoms with Gasteiger partial charge in [0.1, 0.15) is 11.9 Å². The highest BCUT2D eigenvalue weighted by Gasteiger charge is 2.46. The number of benzene rings is 2. The van der Waals surface area contributed by atoms with Crippen LogP contribution in [-0.4, -0.2) is 53.5 Å². The Morgan fingerprint density at radius 3 is 2.54 bits per heavy atom. The SMILES string of the molecule is COc1cc(F)c(-c2ccc(N3CCCC(NCc4ccccc4)(C(O)C(F)F)C3)c(CO)n2)cc1F. The second-order valence-corrected chi connectivity index (χ2v) is 9.09. The van der Waals surface area contributed by atoms with Crippen LogP contribution in [0.1, 0.15) is 24.1 Å². The van der Waals surface area contributed by atoms with Gasteiger partial charge in [-0.05, 0) is 36.6 Å². The number of rotatable bonds is 9. The number of hydrogen-bond acceptors (Lipinski definition) is 6. The second-order valence-electron chi connectivity index (χ2n) is 9.09. The van der Waals surface area contributed by atoms with Gasteiger partial charge in [-0.1, -0.05) is 30.3 Å². The van der Waals surface area contributed by atoms with Crippen LogP contribution in [0, 0.1) is 11.6 Å². The number of piperidine rings is 1. The van der Waals surface area contributed by atoms with Crippen LogP contribution >= 0.6 is 0 Å². The molecule has 2 aromatic carbocycles. The maximum atomic E-state index is 14.6. The summed E-state index contributed by atoms with van der Waals surface area (Å²) in [5.41, 5.74) is 0.205. The van der Waals surface area contributed by atoms with Gasteiger partial charge in [-0.15, -0.1) is 0 Å². The van der Waals surface area contributed by atoms with E-state index in [9.17, 15) is 27.8 Å². The zero-order valence-electron chi connectivity index (χ0n) is 20.3. The molecule has 1 aromatic heterocycles. The quantitative estimate of drug-likeness (QED) is 0.367. The number of methoxy groups -OCH3 is 1. The van der Waals surface area contributed by atoms with Crippen molar-refractivity contribution in [3.8, 4) is 17.0 Å². The van der Waals surface area contributed by atoms with Gasteiger partial charge in [0.25, 0.3) is 6.43 Å². The van der Waals surface area contributed by atoms with Gasteiger partial charge < -0.3 is 25.2 Å². The molecule has 0 spiro atoms. The summed E-state index contributed by atoms with van der Waals surface area (Å²) in [4.78, 5) is 6.12. The van der Waals surface area contributed by atoms with E-state index in [-0.39, 0.29) is 35.8 Å². The van der Waals surface area contributed by atoms with E-state index < -0.39 is 36.3 Å². The number of anilines is 1. The van der Waals surface area contributed by atoms with Crippen molar-refractivity contribution in [2.75, 3.05) is 25.1 Å². The van der Waals surface area contributed by atoms with Gasteiger partial charge in [-0.3, -0.25) is 0 Å². The van der Waals surface area contributed by atoms with Crippen molar-refractivity contribution >= 4 is 5.69 Å². The van der Waals surface area contributed by atoms with Crippen molar-refractivity contribution in [1.29, 1.82) is 0 Å². The molecule has 1 fully saturated rings. The normalized spacial score (nSPS) is 18.8. The standard InChI is InChI=1S/C27H29F4N3O3/c1-37-24-13-19(28)18(12-20(24)29)21-8-9-23(22(15-35)33-21)34-11-5-10-27(16-34,25(36)26(30)31)32-14-17-6-3-2-4-7-17/h2-4,6-9,12-13,25-26,32,35-36H,5,10-11,14-16H2,1H3. The first-order valence-electron chi connectivity index (χ1n) is 11.9. The van der Waals surface area contributed by atoms with E-state index in [0.717, 1.165) is 17.7 Å². The number of nitrogens with one attached hydrogen (secondary N) is 1. The molecule has 3 N–H and O–H groups in total. The smallest absolute Gasteiger partial charge is 0.265 e. The summed E-state index contributed by atoms with van der Waals surface area (Å²) in [5, 5.41) is 23.8. The maximum Gasteiger partial charge on any atom is 0.265 e. The van der Waals surface area contributed by atoms with Gasteiger partial charge in [-0.2, -0.15) is 0 Å².